The van der Waals surface area contributed by atoms with Gasteiger partial charge in [0.1, 0.15) is 5.15 Å². The first-order valence-corrected chi connectivity index (χ1v) is 9.80. The molecule has 0 saturated heterocycles. The lowest BCUT2D eigenvalue weighted by Gasteiger charge is -2.09. The number of nitrogens with one attached hydrogen (secondary N) is 2. The van der Waals surface area contributed by atoms with Gasteiger partial charge in [-0.05, 0) is 61.4 Å². The molecule has 4 rings (SSSR count). The van der Waals surface area contributed by atoms with Crippen LogP contribution in [0.2, 0.25) is 5.15 Å². The van der Waals surface area contributed by atoms with Crippen LogP contribution in [-0.2, 0) is 9.53 Å². The van der Waals surface area contributed by atoms with Crippen LogP contribution in [0.3, 0.4) is 0 Å². The van der Waals surface area contributed by atoms with Gasteiger partial charge in [0.05, 0.1) is 11.1 Å². The molecule has 8 heteroatoms. The maximum atomic E-state index is 12.3. The summed E-state index contributed by atoms with van der Waals surface area (Å²) in [4.78, 5) is 40.7. The van der Waals surface area contributed by atoms with Gasteiger partial charge in [0.15, 0.2) is 6.61 Å². The number of amides is 2. The first-order chi connectivity index (χ1) is 14.5. The number of nitrogens with zero attached hydrogens (tertiary/aromatic N) is 1. The maximum absolute atomic E-state index is 12.3. The highest BCUT2D eigenvalue weighted by molar-refractivity contribution is 6.29. The lowest BCUT2D eigenvalue weighted by atomic mass is 10.1. The highest BCUT2D eigenvalue weighted by Crippen LogP contribution is 2.20. The Balaban J connectivity index is 1.33. The number of halogens is 1. The second-order valence-electron chi connectivity index (χ2n) is 6.99. The van der Waals surface area contributed by atoms with Crippen molar-refractivity contribution in [1.82, 2.24) is 10.3 Å². The average Bonchev–Trinajstić information content (AvgIpc) is 3.55. The second-order valence-corrected chi connectivity index (χ2v) is 7.38. The normalized spacial score (nSPS) is 13.0. The molecule has 1 aliphatic rings. The fourth-order valence-electron chi connectivity index (χ4n) is 2.87. The molecule has 7 nitrogen and oxygen atoms in total. The van der Waals surface area contributed by atoms with Gasteiger partial charge >= 0.3 is 5.97 Å². The van der Waals surface area contributed by atoms with Crippen molar-refractivity contribution in [1.29, 1.82) is 0 Å². The number of ether oxygens (including phenoxy) is 1. The predicted octanol–water partition coefficient (Wildman–Crippen LogP) is 3.58. The summed E-state index contributed by atoms with van der Waals surface area (Å²) >= 11 is 5.85. The van der Waals surface area contributed by atoms with Crippen molar-refractivity contribution in [3.8, 4) is 0 Å². The first-order valence-electron chi connectivity index (χ1n) is 9.42. The van der Waals surface area contributed by atoms with E-state index in [-0.39, 0.29) is 11.9 Å². The molecule has 1 aliphatic carbocycles. The molecule has 1 aromatic heterocycles. The summed E-state index contributed by atoms with van der Waals surface area (Å²) in [6.45, 7) is -0.450. The summed E-state index contributed by atoms with van der Waals surface area (Å²) in [5.74, 6) is -1.30. The topological polar surface area (TPSA) is 97.4 Å². The molecule has 1 saturated carbocycles. The van der Waals surface area contributed by atoms with E-state index in [2.05, 4.69) is 15.6 Å². The van der Waals surface area contributed by atoms with Gasteiger partial charge in [-0.2, -0.15) is 0 Å². The van der Waals surface area contributed by atoms with Crippen LogP contribution < -0.4 is 10.6 Å². The van der Waals surface area contributed by atoms with E-state index in [0.29, 0.717) is 27.5 Å². The van der Waals surface area contributed by atoms with Crippen LogP contribution in [0.1, 0.15) is 33.6 Å². The van der Waals surface area contributed by atoms with Gasteiger partial charge in [0.25, 0.3) is 11.8 Å². The zero-order valence-corrected chi connectivity index (χ0v) is 16.6. The molecule has 2 N–H and O–H groups in total. The van der Waals surface area contributed by atoms with E-state index in [0.717, 1.165) is 18.2 Å². The van der Waals surface area contributed by atoms with Crippen molar-refractivity contribution < 1.29 is 19.1 Å². The molecule has 2 aromatic carbocycles. The van der Waals surface area contributed by atoms with E-state index in [1.807, 2.05) is 0 Å². The predicted molar refractivity (Wildman–Crippen MR) is 113 cm³/mol. The summed E-state index contributed by atoms with van der Waals surface area (Å²) in [6, 6.07) is 15.1. The largest absolute Gasteiger partial charge is 0.452 e. The zero-order valence-electron chi connectivity index (χ0n) is 15.9. The van der Waals surface area contributed by atoms with Crippen molar-refractivity contribution in [2.24, 2.45) is 0 Å². The molecule has 0 spiro atoms. The minimum absolute atomic E-state index is 0.174. The van der Waals surface area contributed by atoms with Gasteiger partial charge in [0.2, 0.25) is 0 Å². The first kappa shape index (κ1) is 19.8. The van der Waals surface area contributed by atoms with Crippen molar-refractivity contribution in [3.63, 3.8) is 0 Å². The van der Waals surface area contributed by atoms with E-state index < -0.39 is 18.5 Å². The summed E-state index contributed by atoms with van der Waals surface area (Å²) in [5.41, 5.74) is 1.87. The van der Waals surface area contributed by atoms with Crippen LogP contribution in [0, 0.1) is 0 Å². The smallest absolute Gasteiger partial charge is 0.338 e. The lowest BCUT2D eigenvalue weighted by Crippen LogP contribution is -2.25. The van der Waals surface area contributed by atoms with Crippen molar-refractivity contribution in [3.05, 3.63) is 70.9 Å². The number of carbonyl (C=O) groups excluding carboxylic acids is 3. The van der Waals surface area contributed by atoms with Gasteiger partial charge in [-0.25, -0.2) is 9.78 Å². The lowest BCUT2D eigenvalue weighted by molar-refractivity contribution is -0.119. The standard InChI is InChI=1S/C22H18ClN3O4/c23-19-9-5-13-10-15(4-8-18(13)26-19)22(29)30-12-20(27)24-17-3-1-2-14(11-17)21(28)25-16-6-7-16/h1-5,8-11,16H,6-7,12H2,(H,24,27)(H,25,28). The Morgan fingerprint density at radius 3 is 2.67 bits per heavy atom. The number of fused-ring (bicyclic) bond motifs is 1. The van der Waals surface area contributed by atoms with Crippen LogP contribution in [0.4, 0.5) is 5.69 Å². The number of esters is 1. The average molecular weight is 424 g/mol. The maximum Gasteiger partial charge on any atom is 0.338 e. The molecule has 0 atom stereocenters. The SMILES string of the molecule is O=C(COC(=O)c1ccc2nc(Cl)ccc2c1)Nc1cccc(C(=O)NC2CC2)c1. The third kappa shape index (κ3) is 4.93. The minimum Gasteiger partial charge on any atom is -0.452 e. The van der Waals surface area contributed by atoms with E-state index in [4.69, 9.17) is 16.3 Å². The molecule has 0 aliphatic heterocycles. The van der Waals surface area contributed by atoms with Gasteiger partial charge in [-0.3, -0.25) is 9.59 Å². The van der Waals surface area contributed by atoms with Crippen molar-refractivity contribution in [2.75, 3.05) is 11.9 Å². The van der Waals surface area contributed by atoms with E-state index in [1.54, 1.807) is 54.6 Å². The molecule has 0 bridgehead atoms. The third-order valence-corrected chi connectivity index (χ3v) is 4.76. The van der Waals surface area contributed by atoms with Crippen LogP contribution in [0.15, 0.2) is 54.6 Å². The number of hydrogen-bond donors (Lipinski definition) is 2. The van der Waals surface area contributed by atoms with Gasteiger partial charge < -0.3 is 15.4 Å². The Morgan fingerprint density at radius 2 is 1.87 bits per heavy atom. The second kappa shape index (κ2) is 8.51. The highest BCUT2D eigenvalue weighted by atomic mass is 35.5. The summed E-state index contributed by atoms with van der Waals surface area (Å²) in [5, 5.41) is 6.62. The molecule has 1 heterocycles. The molecule has 2 amide bonds. The summed E-state index contributed by atoms with van der Waals surface area (Å²) in [7, 11) is 0. The van der Waals surface area contributed by atoms with E-state index in [1.165, 1.54) is 0 Å². The molecule has 152 valence electrons. The number of anilines is 1. The monoisotopic (exact) mass is 423 g/mol. The number of carbonyl (C=O) groups is 3. The van der Waals surface area contributed by atoms with Gasteiger partial charge in [-0.1, -0.05) is 17.7 Å². The molecule has 1 fully saturated rings. The van der Waals surface area contributed by atoms with Crippen LogP contribution in [-0.4, -0.2) is 35.4 Å². The third-order valence-electron chi connectivity index (χ3n) is 4.55. The Hall–Kier alpha value is -3.45. The molecule has 0 unspecified atom stereocenters. The van der Waals surface area contributed by atoms with Gasteiger partial charge in [-0.15, -0.1) is 0 Å². The Kier molecular flexibility index (Phi) is 5.63. The number of pyridine rings is 1. The number of hydrogen-bond acceptors (Lipinski definition) is 5. The Bertz CT molecular complexity index is 1140. The van der Waals surface area contributed by atoms with Crippen LogP contribution in [0.25, 0.3) is 10.9 Å². The van der Waals surface area contributed by atoms with Crippen LogP contribution in [0.5, 0.6) is 0 Å². The molecular weight excluding hydrogens is 406 g/mol. The zero-order chi connectivity index (χ0) is 21.1. The van der Waals surface area contributed by atoms with Crippen LogP contribution >= 0.6 is 11.6 Å². The Morgan fingerprint density at radius 1 is 1.03 bits per heavy atom. The van der Waals surface area contributed by atoms with E-state index in [9.17, 15) is 14.4 Å². The number of rotatable bonds is 6. The molecule has 3 aromatic rings. The minimum atomic E-state index is -0.625. The van der Waals surface area contributed by atoms with E-state index >= 15 is 0 Å². The summed E-state index contributed by atoms with van der Waals surface area (Å²) in [6.07, 6.45) is 1.99. The molecular formula is C22H18ClN3O4. The fourth-order valence-corrected chi connectivity index (χ4v) is 3.03. The number of aromatic nitrogens is 1. The summed E-state index contributed by atoms with van der Waals surface area (Å²) < 4.78 is 5.10. The quantitative estimate of drug-likeness (QED) is 0.466. The molecule has 30 heavy (non-hydrogen) atoms. The molecule has 0 radical (unpaired) electrons. The van der Waals surface area contributed by atoms with Crippen molar-refractivity contribution >= 4 is 46.0 Å². The van der Waals surface area contributed by atoms with Crippen molar-refractivity contribution in [2.45, 2.75) is 18.9 Å². The highest BCUT2D eigenvalue weighted by Gasteiger charge is 2.23. The fraction of sp³-hybridized carbons (Fsp3) is 0.182. The number of benzene rings is 2. The van der Waals surface area contributed by atoms with Gasteiger partial charge in [0, 0.05) is 22.7 Å². The Labute approximate surface area is 177 Å².